The van der Waals surface area contributed by atoms with Gasteiger partial charge in [0.05, 0.1) is 4.92 Å². The van der Waals surface area contributed by atoms with Crippen LogP contribution < -0.4 is 15.5 Å². The number of nitrogens with one attached hydrogen (secondary N) is 2. The van der Waals surface area contributed by atoms with Gasteiger partial charge in [-0.15, -0.1) is 0 Å². The van der Waals surface area contributed by atoms with Crippen molar-refractivity contribution in [1.29, 1.82) is 5.26 Å². The van der Waals surface area contributed by atoms with Crippen molar-refractivity contribution in [3.05, 3.63) is 27.9 Å². The number of hydrogen-bond acceptors (Lipinski definition) is 7. The van der Waals surface area contributed by atoms with Crippen molar-refractivity contribution in [2.75, 3.05) is 31.6 Å². The van der Waals surface area contributed by atoms with Gasteiger partial charge in [-0.25, -0.2) is 4.98 Å². The average Bonchev–Trinajstić information content (AvgIpc) is 2.53. The predicted octanol–water partition coefficient (Wildman–Crippen LogP) is -0.614. The second kappa shape index (κ2) is 6.15. The maximum Gasteiger partial charge on any atom is 0.305 e. The van der Waals surface area contributed by atoms with E-state index in [1.54, 1.807) is 18.0 Å². The summed E-state index contributed by atoms with van der Waals surface area (Å²) in [6.45, 7) is 1.63. The number of amides is 1. The quantitative estimate of drug-likeness (QED) is 0.561. The van der Waals surface area contributed by atoms with E-state index in [0.29, 0.717) is 25.5 Å². The van der Waals surface area contributed by atoms with E-state index in [4.69, 9.17) is 5.26 Å². The van der Waals surface area contributed by atoms with Crippen molar-refractivity contribution < 1.29 is 9.72 Å². The third-order valence-corrected chi connectivity index (χ3v) is 3.25. The fourth-order valence-electron chi connectivity index (χ4n) is 2.21. The number of pyridine rings is 1. The van der Waals surface area contributed by atoms with Crippen LogP contribution in [0, 0.1) is 21.4 Å². The van der Waals surface area contributed by atoms with Gasteiger partial charge in [0.1, 0.15) is 17.9 Å². The van der Waals surface area contributed by atoms with Gasteiger partial charge in [0, 0.05) is 32.7 Å². The normalized spacial score (nSPS) is 17.9. The molecule has 2 rings (SSSR count). The molecule has 1 aliphatic heterocycles. The summed E-state index contributed by atoms with van der Waals surface area (Å²) < 4.78 is 0. The molecule has 1 unspecified atom stereocenters. The fraction of sp³-hybridized carbons (Fsp3) is 0.417. The summed E-state index contributed by atoms with van der Waals surface area (Å²) in [7, 11) is 1.54. The van der Waals surface area contributed by atoms with Crippen molar-refractivity contribution in [2.24, 2.45) is 0 Å². The Kier molecular flexibility index (Phi) is 4.30. The van der Waals surface area contributed by atoms with Crippen molar-refractivity contribution in [3.63, 3.8) is 0 Å². The summed E-state index contributed by atoms with van der Waals surface area (Å²) in [5.74, 6) is 0.202. The first kappa shape index (κ1) is 14.7. The minimum absolute atomic E-state index is 0.180. The van der Waals surface area contributed by atoms with Gasteiger partial charge in [-0.1, -0.05) is 0 Å². The molecule has 0 saturated carbocycles. The topological polar surface area (TPSA) is 124 Å². The van der Waals surface area contributed by atoms with E-state index < -0.39 is 11.0 Å². The number of hydrogen-bond donors (Lipinski definition) is 2. The van der Waals surface area contributed by atoms with E-state index in [9.17, 15) is 14.9 Å². The van der Waals surface area contributed by atoms with Gasteiger partial charge in [0.15, 0.2) is 0 Å². The second-order valence-corrected chi connectivity index (χ2v) is 4.43. The maximum atomic E-state index is 11.9. The first-order chi connectivity index (χ1) is 10.1. The standard InChI is InChI=1S/C12H14N6O3/c1-14-12(19)10-7-15-4-5-17(10)11-3-2-9(18(20)21)8(6-13)16-11/h2-3,10,15H,4-5,7H2,1H3,(H,14,19). The van der Waals surface area contributed by atoms with Gasteiger partial charge < -0.3 is 15.5 Å². The van der Waals surface area contributed by atoms with Crippen LogP contribution >= 0.6 is 0 Å². The molecule has 1 atom stereocenters. The third kappa shape index (κ3) is 2.90. The molecule has 2 heterocycles. The molecule has 0 radical (unpaired) electrons. The first-order valence-corrected chi connectivity index (χ1v) is 6.33. The average molecular weight is 290 g/mol. The van der Waals surface area contributed by atoms with Crippen LogP contribution in [0.5, 0.6) is 0 Å². The molecular weight excluding hydrogens is 276 g/mol. The summed E-state index contributed by atoms with van der Waals surface area (Å²) in [5, 5.41) is 25.5. The van der Waals surface area contributed by atoms with Crippen LogP contribution in [-0.4, -0.2) is 48.5 Å². The Bertz CT molecular complexity index is 612. The highest BCUT2D eigenvalue weighted by Gasteiger charge is 2.30. The van der Waals surface area contributed by atoms with Gasteiger partial charge in [-0.05, 0) is 6.07 Å². The van der Waals surface area contributed by atoms with E-state index in [-0.39, 0.29) is 17.3 Å². The van der Waals surface area contributed by atoms with Crippen molar-refractivity contribution in [3.8, 4) is 6.07 Å². The molecule has 2 N–H and O–H groups in total. The number of piperazine rings is 1. The van der Waals surface area contributed by atoms with Crippen molar-refractivity contribution in [2.45, 2.75) is 6.04 Å². The number of anilines is 1. The maximum absolute atomic E-state index is 11.9. The van der Waals surface area contributed by atoms with Crippen LogP contribution in [0.1, 0.15) is 5.69 Å². The Morgan fingerprint density at radius 1 is 1.67 bits per heavy atom. The minimum Gasteiger partial charge on any atom is -0.357 e. The zero-order valence-electron chi connectivity index (χ0n) is 11.4. The highest BCUT2D eigenvalue weighted by atomic mass is 16.6. The number of nitro groups is 1. The monoisotopic (exact) mass is 290 g/mol. The van der Waals surface area contributed by atoms with E-state index in [0.717, 1.165) is 0 Å². The van der Waals surface area contributed by atoms with Crippen molar-refractivity contribution >= 4 is 17.4 Å². The zero-order chi connectivity index (χ0) is 15.4. The second-order valence-electron chi connectivity index (χ2n) is 4.43. The summed E-state index contributed by atoms with van der Waals surface area (Å²) in [6, 6.07) is 3.95. The molecule has 9 nitrogen and oxygen atoms in total. The number of carbonyl (C=O) groups is 1. The molecule has 0 spiro atoms. The minimum atomic E-state index is -0.649. The summed E-state index contributed by atoms with van der Waals surface area (Å²) in [5.41, 5.74) is -0.598. The summed E-state index contributed by atoms with van der Waals surface area (Å²) >= 11 is 0. The van der Waals surface area contributed by atoms with Crippen LogP contribution in [0.3, 0.4) is 0 Å². The molecule has 0 aliphatic carbocycles. The lowest BCUT2D eigenvalue weighted by Gasteiger charge is -2.35. The SMILES string of the molecule is CNC(=O)C1CNCCN1c1ccc([N+](=O)[O-])c(C#N)n1. The summed E-state index contributed by atoms with van der Waals surface area (Å²) in [6.07, 6.45) is 0. The van der Waals surface area contributed by atoms with Gasteiger partial charge in [-0.3, -0.25) is 14.9 Å². The van der Waals surface area contributed by atoms with Gasteiger partial charge in [0.2, 0.25) is 11.6 Å². The van der Waals surface area contributed by atoms with Crippen molar-refractivity contribution in [1.82, 2.24) is 15.6 Å². The smallest absolute Gasteiger partial charge is 0.305 e. The lowest BCUT2D eigenvalue weighted by atomic mass is 10.1. The van der Waals surface area contributed by atoms with Gasteiger partial charge >= 0.3 is 5.69 Å². The molecule has 1 aromatic rings. The van der Waals surface area contributed by atoms with E-state index in [2.05, 4.69) is 15.6 Å². The van der Waals surface area contributed by atoms with E-state index in [1.165, 1.54) is 12.1 Å². The number of carbonyl (C=O) groups excluding carboxylic acids is 1. The number of aromatic nitrogens is 1. The fourth-order valence-corrected chi connectivity index (χ4v) is 2.21. The molecule has 1 amide bonds. The highest BCUT2D eigenvalue weighted by Crippen LogP contribution is 2.22. The predicted molar refractivity (Wildman–Crippen MR) is 73.7 cm³/mol. The zero-order valence-corrected chi connectivity index (χ0v) is 11.4. The molecule has 1 aromatic heterocycles. The van der Waals surface area contributed by atoms with Crippen LogP contribution in [0.4, 0.5) is 11.5 Å². The Balaban J connectivity index is 2.38. The molecule has 1 saturated heterocycles. The number of nitrogens with zero attached hydrogens (tertiary/aromatic N) is 4. The number of likely N-dealkylation sites (N-methyl/N-ethyl adjacent to an activating group) is 1. The highest BCUT2D eigenvalue weighted by molar-refractivity contribution is 5.85. The van der Waals surface area contributed by atoms with Gasteiger partial charge in [-0.2, -0.15) is 5.26 Å². The molecule has 0 aromatic carbocycles. The van der Waals surface area contributed by atoms with Gasteiger partial charge in [0.25, 0.3) is 0 Å². The largest absolute Gasteiger partial charge is 0.357 e. The Morgan fingerprint density at radius 3 is 3.05 bits per heavy atom. The Labute approximate surface area is 120 Å². The number of nitriles is 1. The molecule has 1 aliphatic rings. The van der Waals surface area contributed by atoms with E-state index in [1.807, 2.05) is 0 Å². The lowest BCUT2D eigenvalue weighted by Crippen LogP contribution is -2.57. The van der Waals surface area contributed by atoms with Crippen LogP contribution in [-0.2, 0) is 4.79 Å². The molecule has 1 fully saturated rings. The Hall–Kier alpha value is -2.73. The third-order valence-electron chi connectivity index (χ3n) is 3.25. The van der Waals surface area contributed by atoms with Crippen LogP contribution in [0.2, 0.25) is 0 Å². The Morgan fingerprint density at radius 2 is 2.43 bits per heavy atom. The molecule has 110 valence electrons. The molecular formula is C12H14N6O3. The molecule has 0 bridgehead atoms. The van der Waals surface area contributed by atoms with Crippen LogP contribution in [0.15, 0.2) is 12.1 Å². The summed E-state index contributed by atoms with van der Waals surface area (Å²) in [4.78, 5) is 27.8. The number of rotatable bonds is 3. The molecule has 21 heavy (non-hydrogen) atoms. The molecule has 9 heteroatoms. The van der Waals surface area contributed by atoms with Crippen LogP contribution in [0.25, 0.3) is 0 Å². The van der Waals surface area contributed by atoms with E-state index >= 15 is 0 Å². The lowest BCUT2D eigenvalue weighted by molar-refractivity contribution is -0.385. The first-order valence-electron chi connectivity index (χ1n) is 6.33.